The van der Waals surface area contributed by atoms with Crippen LogP contribution in [0.5, 0.6) is 11.5 Å². The number of unbranched alkanes of at least 4 members (excludes halogenated alkanes) is 1. The van der Waals surface area contributed by atoms with Gasteiger partial charge in [0, 0.05) is 10.6 Å². The third kappa shape index (κ3) is 6.71. The van der Waals surface area contributed by atoms with Crippen LogP contribution in [0.15, 0.2) is 47.4 Å². The highest BCUT2D eigenvalue weighted by Crippen LogP contribution is 2.33. The Balaban J connectivity index is 1.93. The average Bonchev–Trinajstić information content (AvgIpc) is 2.74. The smallest absolute Gasteiger partial charge is 0.338 e. The van der Waals surface area contributed by atoms with E-state index < -0.39 is 0 Å². The number of benzene rings is 2. The van der Waals surface area contributed by atoms with Crippen molar-refractivity contribution in [1.29, 1.82) is 0 Å². The summed E-state index contributed by atoms with van der Waals surface area (Å²) in [6, 6.07) is 12.2. The van der Waals surface area contributed by atoms with Crippen molar-refractivity contribution in [2.75, 3.05) is 26.1 Å². The number of amides is 1. The number of ether oxygens (including phenoxy) is 3. The fourth-order valence-corrected chi connectivity index (χ4v) is 3.37. The van der Waals surface area contributed by atoms with Crippen LogP contribution in [-0.4, -0.2) is 38.0 Å². The fourth-order valence-electron chi connectivity index (χ4n) is 2.47. The lowest BCUT2D eigenvalue weighted by Crippen LogP contribution is -2.22. The van der Waals surface area contributed by atoms with Gasteiger partial charge in [-0.05, 0) is 55.8 Å². The first kappa shape index (κ1) is 22.6. The molecule has 0 aliphatic rings. The van der Waals surface area contributed by atoms with E-state index in [-0.39, 0.29) is 17.1 Å². The number of nitrogens with one attached hydrogen (secondary N) is 1. The number of esters is 1. The Labute approximate surface area is 175 Å². The number of rotatable bonds is 10. The molecule has 1 amide bonds. The summed E-state index contributed by atoms with van der Waals surface area (Å²) in [6.07, 6.45) is 1.81. The summed E-state index contributed by atoms with van der Waals surface area (Å²) in [5.41, 5.74) is 1.09. The molecule has 2 rings (SSSR count). The Morgan fingerprint density at radius 2 is 1.72 bits per heavy atom. The Kier molecular flexibility index (Phi) is 8.86. The van der Waals surface area contributed by atoms with Gasteiger partial charge in [0.25, 0.3) is 0 Å². The molecule has 29 heavy (non-hydrogen) atoms. The Morgan fingerprint density at radius 1 is 1.03 bits per heavy atom. The van der Waals surface area contributed by atoms with Gasteiger partial charge in [-0.25, -0.2) is 4.79 Å². The topological polar surface area (TPSA) is 73.9 Å². The van der Waals surface area contributed by atoms with Crippen molar-refractivity contribution < 1.29 is 23.8 Å². The maximum atomic E-state index is 12.5. The largest absolute Gasteiger partial charge is 0.493 e. The van der Waals surface area contributed by atoms with Crippen molar-refractivity contribution in [3.8, 4) is 11.5 Å². The van der Waals surface area contributed by atoms with Gasteiger partial charge < -0.3 is 19.5 Å². The second kappa shape index (κ2) is 11.4. The summed E-state index contributed by atoms with van der Waals surface area (Å²) >= 11 is 1.42. The number of hydrogen-bond donors (Lipinski definition) is 1. The summed E-state index contributed by atoms with van der Waals surface area (Å²) in [5, 5.41) is 2.54. The van der Waals surface area contributed by atoms with E-state index >= 15 is 0 Å². The molecule has 1 N–H and O–H groups in total. The van der Waals surface area contributed by atoms with Crippen LogP contribution in [0.4, 0.5) is 5.69 Å². The lowest BCUT2D eigenvalue weighted by molar-refractivity contribution is -0.115. The van der Waals surface area contributed by atoms with Gasteiger partial charge in [0.15, 0.2) is 11.5 Å². The van der Waals surface area contributed by atoms with Crippen molar-refractivity contribution in [3.05, 3.63) is 48.0 Å². The van der Waals surface area contributed by atoms with Gasteiger partial charge >= 0.3 is 5.97 Å². The van der Waals surface area contributed by atoms with E-state index in [9.17, 15) is 9.59 Å². The van der Waals surface area contributed by atoms with Gasteiger partial charge in [-0.3, -0.25) is 4.79 Å². The first-order valence-corrected chi connectivity index (χ1v) is 10.3. The molecule has 0 aliphatic carbocycles. The standard InChI is InChI=1S/C22H27NO5S/c1-5-6-13-28-22(25)16-7-9-17(10-8-16)23-21(24)15(2)29-18-11-12-19(26-3)20(14-18)27-4/h7-12,14-15H,5-6,13H2,1-4H3,(H,23,24)/t15-/m1/s1. The van der Waals surface area contributed by atoms with Crippen molar-refractivity contribution in [2.45, 2.75) is 36.8 Å². The summed E-state index contributed by atoms with van der Waals surface area (Å²) < 4.78 is 15.7. The molecule has 0 aliphatic heterocycles. The molecule has 0 fully saturated rings. The van der Waals surface area contributed by atoms with Gasteiger partial charge in [-0.15, -0.1) is 11.8 Å². The summed E-state index contributed by atoms with van der Waals surface area (Å²) in [6.45, 7) is 4.28. The lowest BCUT2D eigenvalue weighted by atomic mass is 10.2. The van der Waals surface area contributed by atoms with Crippen LogP contribution in [0.3, 0.4) is 0 Å². The maximum absolute atomic E-state index is 12.5. The van der Waals surface area contributed by atoms with Crippen molar-refractivity contribution >= 4 is 29.3 Å². The van der Waals surface area contributed by atoms with Gasteiger partial charge in [0.1, 0.15) is 0 Å². The third-order valence-corrected chi connectivity index (χ3v) is 5.25. The SMILES string of the molecule is CCCCOC(=O)c1ccc(NC(=O)[C@@H](C)Sc2ccc(OC)c(OC)c2)cc1. The second-order valence-electron chi connectivity index (χ2n) is 6.33. The molecule has 0 aromatic heterocycles. The molecule has 0 spiro atoms. The average molecular weight is 418 g/mol. The second-order valence-corrected chi connectivity index (χ2v) is 7.75. The molecular weight excluding hydrogens is 390 g/mol. The number of carbonyl (C=O) groups is 2. The molecule has 6 nitrogen and oxygen atoms in total. The summed E-state index contributed by atoms with van der Waals surface area (Å²) in [7, 11) is 3.16. The van der Waals surface area contributed by atoms with E-state index in [1.807, 2.05) is 32.0 Å². The minimum Gasteiger partial charge on any atom is -0.493 e. The molecular formula is C22H27NO5S. The molecule has 7 heteroatoms. The molecule has 156 valence electrons. The van der Waals surface area contributed by atoms with E-state index in [4.69, 9.17) is 14.2 Å². The quantitative estimate of drug-likeness (QED) is 0.341. The van der Waals surface area contributed by atoms with Gasteiger partial charge in [0.2, 0.25) is 5.91 Å². The lowest BCUT2D eigenvalue weighted by Gasteiger charge is -2.14. The molecule has 1 atom stereocenters. The van der Waals surface area contributed by atoms with Crippen LogP contribution in [-0.2, 0) is 9.53 Å². The number of methoxy groups -OCH3 is 2. The molecule has 0 saturated heterocycles. The van der Waals surface area contributed by atoms with Crippen molar-refractivity contribution in [2.24, 2.45) is 0 Å². The fraction of sp³-hybridized carbons (Fsp3) is 0.364. The van der Waals surface area contributed by atoms with Gasteiger partial charge in [-0.2, -0.15) is 0 Å². The molecule has 0 bridgehead atoms. The number of anilines is 1. The van der Waals surface area contributed by atoms with Crippen molar-refractivity contribution in [3.63, 3.8) is 0 Å². The van der Waals surface area contributed by atoms with Crippen LogP contribution in [0.1, 0.15) is 37.0 Å². The highest BCUT2D eigenvalue weighted by atomic mass is 32.2. The molecule has 2 aromatic rings. The van der Waals surface area contributed by atoms with Crippen LogP contribution >= 0.6 is 11.8 Å². The van der Waals surface area contributed by atoms with Crippen LogP contribution < -0.4 is 14.8 Å². The third-order valence-electron chi connectivity index (χ3n) is 4.16. The van der Waals surface area contributed by atoms with E-state index in [1.165, 1.54) is 11.8 Å². The van der Waals surface area contributed by atoms with Crippen LogP contribution in [0.25, 0.3) is 0 Å². The normalized spacial score (nSPS) is 11.4. The van der Waals surface area contributed by atoms with Gasteiger partial charge in [-0.1, -0.05) is 13.3 Å². The van der Waals surface area contributed by atoms with Crippen LogP contribution in [0, 0.1) is 0 Å². The Morgan fingerprint density at radius 3 is 2.34 bits per heavy atom. The monoisotopic (exact) mass is 417 g/mol. The molecule has 0 heterocycles. The molecule has 0 radical (unpaired) electrons. The minimum absolute atomic E-state index is 0.136. The van der Waals surface area contributed by atoms with Crippen molar-refractivity contribution in [1.82, 2.24) is 0 Å². The molecule has 0 unspecified atom stereocenters. The molecule has 2 aromatic carbocycles. The maximum Gasteiger partial charge on any atom is 0.338 e. The summed E-state index contributed by atoms with van der Waals surface area (Å²) in [4.78, 5) is 25.3. The van der Waals surface area contributed by atoms with E-state index in [0.29, 0.717) is 29.4 Å². The first-order chi connectivity index (χ1) is 14.0. The van der Waals surface area contributed by atoms with Crippen LogP contribution in [0.2, 0.25) is 0 Å². The Hall–Kier alpha value is -2.67. The zero-order valence-corrected chi connectivity index (χ0v) is 18.0. The highest BCUT2D eigenvalue weighted by Gasteiger charge is 2.16. The number of carbonyl (C=O) groups excluding carboxylic acids is 2. The first-order valence-electron chi connectivity index (χ1n) is 9.45. The minimum atomic E-state index is -0.353. The van der Waals surface area contributed by atoms with E-state index in [1.54, 1.807) is 38.5 Å². The predicted octanol–water partition coefficient (Wildman–Crippen LogP) is 4.78. The zero-order valence-electron chi connectivity index (χ0n) is 17.2. The zero-order chi connectivity index (χ0) is 21.2. The van der Waals surface area contributed by atoms with E-state index in [2.05, 4.69) is 5.32 Å². The number of hydrogen-bond acceptors (Lipinski definition) is 6. The summed E-state index contributed by atoms with van der Waals surface area (Å²) in [5.74, 6) is 0.769. The highest BCUT2D eigenvalue weighted by molar-refractivity contribution is 8.00. The molecule has 0 saturated carbocycles. The van der Waals surface area contributed by atoms with Gasteiger partial charge in [0.05, 0.1) is 31.6 Å². The predicted molar refractivity (Wildman–Crippen MR) is 115 cm³/mol. The number of thioether (sulfide) groups is 1. The van der Waals surface area contributed by atoms with E-state index in [0.717, 1.165) is 17.7 Å². The Bertz CT molecular complexity index is 822.